The molecule has 0 unspecified atom stereocenters. The van der Waals surface area contributed by atoms with Crippen LogP contribution < -0.4 is 4.74 Å². The van der Waals surface area contributed by atoms with Gasteiger partial charge in [0.05, 0.1) is 11.9 Å². The molecule has 0 saturated heterocycles. The number of carbonyl (C=O) groups excluding carboxylic acids is 1. The van der Waals surface area contributed by atoms with Crippen LogP contribution in [0.5, 0.6) is 11.5 Å². The molecule has 20 heavy (non-hydrogen) atoms. The highest BCUT2D eigenvalue weighted by molar-refractivity contribution is 5.79. The zero-order valence-electron chi connectivity index (χ0n) is 10.6. The van der Waals surface area contributed by atoms with Crippen LogP contribution >= 0.6 is 0 Å². The fraction of sp³-hybridized carbons (Fsp3) is 0. The van der Waals surface area contributed by atoms with Gasteiger partial charge in [-0.25, -0.2) is 4.98 Å². The van der Waals surface area contributed by atoms with E-state index in [4.69, 9.17) is 4.74 Å². The summed E-state index contributed by atoms with van der Waals surface area (Å²) in [5.74, 6) is 1.24. The highest BCUT2D eigenvalue weighted by Crippen LogP contribution is 2.25. The molecule has 3 rings (SSSR count). The van der Waals surface area contributed by atoms with E-state index in [1.54, 1.807) is 30.7 Å². The second-order valence-electron chi connectivity index (χ2n) is 4.22. The summed E-state index contributed by atoms with van der Waals surface area (Å²) in [4.78, 5) is 14.9. The van der Waals surface area contributed by atoms with E-state index in [9.17, 15) is 4.79 Å². The Labute approximate surface area is 116 Å². The standard InChI is InChI=1S/C16H12N2O2/c19-11-13-3-1-2-4-16(13)20-15-7-5-14(6-8-15)18-10-9-17-12-18/h1-12H. The summed E-state index contributed by atoms with van der Waals surface area (Å²) in [5, 5.41) is 0. The van der Waals surface area contributed by atoms with Crippen LogP contribution in [0.1, 0.15) is 10.4 Å². The van der Waals surface area contributed by atoms with E-state index in [2.05, 4.69) is 4.98 Å². The van der Waals surface area contributed by atoms with Gasteiger partial charge in [0.2, 0.25) is 0 Å². The number of nitrogens with zero attached hydrogens (tertiary/aromatic N) is 2. The molecule has 2 aromatic carbocycles. The number of ether oxygens (including phenoxy) is 1. The van der Waals surface area contributed by atoms with Gasteiger partial charge in [-0.2, -0.15) is 0 Å². The predicted molar refractivity (Wildman–Crippen MR) is 75.5 cm³/mol. The molecule has 0 spiro atoms. The molecule has 98 valence electrons. The first-order valence-electron chi connectivity index (χ1n) is 6.17. The van der Waals surface area contributed by atoms with Gasteiger partial charge in [-0.1, -0.05) is 12.1 Å². The summed E-state index contributed by atoms with van der Waals surface area (Å²) < 4.78 is 7.62. The number of carbonyl (C=O) groups is 1. The second-order valence-corrected chi connectivity index (χ2v) is 4.22. The van der Waals surface area contributed by atoms with Crippen molar-refractivity contribution in [1.82, 2.24) is 9.55 Å². The molecule has 0 atom stereocenters. The summed E-state index contributed by atoms with van der Waals surface area (Å²) in [6.07, 6.45) is 6.12. The van der Waals surface area contributed by atoms with Crippen LogP contribution in [0.15, 0.2) is 67.3 Å². The number of hydrogen-bond acceptors (Lipinski definition) is 3. The van der Waals surface area contributed by atoms with Gasteiger partial charge in [-0.15, -0.1) is 0 Å². The largest absolute Gasteiger partial charge is 0.457 e. The maximum absolute atomic E-state index is 10.9. The minimum Gasteiger partial charge on any atom is -0.457 e. The highest BCUT2D eigenvalue weighted by atomic mass is 16.5. The minimum absolute atomic E-state index is 0.534. The van der Waals surface area contributed by atoms with Gasteiger partial charge in [0.15, 0.2) is 6.29 Å². The number of rotatable bonds is 4. The molecule has 0 fully saturated rings. The molecule has 3 aromatic rings. The molecule has 1 heterocycles. The van der Waals surface area contributed by atoms with Crippen LogP contribution in [0.2, 0.25) is 0 Å². The molecule has 0 radical (unpaired) electrons. The molecular weight excluding hydrogens is 252 g/mol. The van der Waals surface area contributed by atoms with Crippen molar-refractivity contribution in [3.05, 3.63) is 72.8 Å². The first-order chi connectivity index (χ1) is 9.86. The van der Waals surface area contributed by atoms with E-state index in [-0.39, 0.29) is 0 Å². The van der Waals surface area contributed by atoms with Gasteiger partial charge in [0.25, 0.3) is 0 Å². The van der Waals surface area contributed by atoms with Crippen molar-refractivity contribution < 1.29 is 9.53 Å². The average molecular weight is 264 g/mol. The summed E-state index contributed by atoms with van der Waals surface area (Å²) in [5.41, 5.74) is 1.53. The van der Waals surface area contributed by atoms with Crippen LogP contribution in [0.4, 0.5) is 0 Å². The van der Waals surface area contributed by atoms with Crippen LogP contribution in [0.25, 0.3) is 5.69 Å². The van der Waals surface area contributed by atoms with Gasteiger partial charge >= 0.3 is 0 Å². The maximum atomic E-state index is 10.9. The zero-order valence-corrected chi connectivity index (χ0v) is 10.6. The van der Waals surface area contributed by atoms with Crippen molar-refractivity contribution in [3.63, 3.8) is 0 Å². The fourth-order valence-corrected chi connectivity index (χ4v) is 1.90. The van der Waals surface area contributed by atoms with E-state index in [0.717, 1.165) is 12.0 Å². The monoisotopic (exact) mass is 264 g/mol. The van der Waals surface area contributed by atoms with E-state index in [1.807, 2.05) is 41.1 Å². The number of imidazole rings is 1. The van der Waals surface area contributed by atoms with Crippen molar-refractivity contribution in [2.24, 2.45) is 0 Å². The van der Waals surface area contributed by atoms with Crippen LogP contribution in [0, 0.1) is 0 Å². The Hall–Kier alpha value is -2.88. The van der Waals surface area contributed by atoms with Gasteiger partial charge in [-0.3, -0.25) is 4.79 Å². The Morgan fingerprint density at radius 2 is 1.85 bits per heavy atom. The number of para-hydroxylation sites is 1. The highest BCUT2D eigenvalue weighted by Gasteiger charge is 2.03. The predicted octanol–water partition coefficient (Wildman–Crippen LogP) is 3.48. The molecule has 0 aliphatic heterocycles. The van der Waals surface area contributed by atoms with Crippen molar-refractivity contribution in [2.45, 2.75) is 0 Å². The number of aromatic nitrogens is 2. The van der Waals surface area contributed by atoms with Crippen molar-refractivity contribution >= 4 is 6.29 Å². The lowest BCUT2D eigenvalue weighted by Crippen LogP contribution is -1.92. The molecule has 0 N–H and O–H groups in total. The Balaban J connectivity index is 1.83. The molecule has 4 nitrogen and oxygen atoms in total. The lowest BCUT2D eigenvalue weighted by atomic mass is 10.2. The van der Waals surface area contributed by atoms with Crippen molar-refractivity contribution in [3.8, 4) is 17.2 Å². The maximum Gasteiger partial charge on any atom is 0.153 e. The zero-order chi connectivity index (χ0) is 13.8. The van der Waals surface area contributed by atoms with Gasteiger partial charge < -0.3 is 9.30 Å². The summed E-state index contributed by atoms with van der Waals surface area (Å²) in [7, 11) is 0. The average Bonchev–Trinajstić information content (AvgIpc) is 3.03. The first kappa shape index (κ1) is 12.2. The van der Waals surface area contributed by atoms with E-state index < -0.39 is 0 Å². The Morgan fingerprint density at radius 3 is 2.55 bits per heavy atom. The van der Waals surface area contributed by atoms with Crippen LogP contribution in [-0.2, 0) is 0 Å². The smallest absolute Gasteiger partial charge is 0.153 e. The molecule has 0 aliphatic carbocycles. The van der Waals surface area contributed by atoms with Crippen LogP contribution in [-0.4, -0.2) is 15.8 Å². The van der Waals surface area contributed by atoms with E-state index in [1.165, 1.54) is 0 Å². The topological polar surface area (TPSA) is 44.1 Å². The normalized spacial score (nSPS) is 10.2. The van der Waals surface area contributed by atoms with Crippen molar-refractivity contribution in [1.29, 1.82) is 0 Å². The summed E-state index contributed by atoms with van der Waals surface area (Å²) in [6, 6.07) is 14.7. The molecule has 0 saturated carbocycles. The lowest BCUT2D eigenvalue weighted by molar-refractivity contribution is 0.112. The Kier molecular flexibility index (Phi) is 3.29. The van der Waals surface area contributed by atoms with Gasteiger partial charge in [0, 0.05) is 18.1 Å². The van der Waals surface area contributed by atoms with E-state index in [0.29, 0.717) is 17.1 Å². The van der Waals surface area contributed by atoms with Gasteiger partial charge in [0.1, 0.15) is 11.5 Å². The third kappa shape index (κ3) is 2.44. The van der Waals surface area contributed by atoms with E-state index >= 15 is 0 Å². The quantitative estimate of drug-likeness (QED) is 0.678. The molecule has 0 bridgehead atoms. The lowest BCUT2D eigenvalue weighted by Gasteiger charge is -2.08. The Bertz CT molecular complexity index is 704. The van der Waals surface area contributed by atoms with Gasteiger partial charge in [-0.05, 0) is 36.4 Å². The van der Waals surface area contributed by atoms with Crippen LogP contribution in [0.3, 0.4) is 0 Å². The fourth-order valence-electron chi connectivity index (χ4n) is 1.90. The van der Waals surface area contributed by atoms with Crippen molar-refractivity contribution in [2.75, 3.05) is 0 Å². The second kappa shape index (κ2) is 5.40. The molecule has 0 aliphatic rings. The number of hydrogen-bond donors (Lipinski definition) is 0. The molecular formula is C16H12N2O2. The molecule has 0 amide bonds. The number of benzene rings is 2. The summed E-state index contributed by atoms with van der Waals surface area (Å²) >= 11 is 0. The molecule has 1 aromatic heterocycles. The number of aldehydes is 1. The first-order valence-corrected chi connectivity index (χ1v) is 6.17. The summed E-state index contributed by atoms with van der Waals surface area (Å²) in [6.45, 7) is 0. The Morgan fingerprint density at radius 1 is 1.05 bits per heavy atom. The third-order valence-electron chi connectivity index (χ3n) is 2.91. The molecule has 4 heteroatoms. The minimum atomic E-state index is 0.534. The SMILES string of the molecule is O=Cc1ccccc1Oc1ccc(-n2ccnc2)cc1. The third-order valence-corrected chi connectivity index (χ3v) is 2.91.